The first-order valence-electron chi connectivity index (χ1n) is 7.27. The lowest BCUT2D eigenvalue weighted by molar-refractivity contribution is 0.0641. The number of morpholine rings is 1. The number of rotatable bonds is 4. The van der Waals surface area contributed by atoms with E-state index < -0.39 is 0 Å². The molecule has 0 radical (unpaired) electrons. The second kappa shape index (κ2) is 7.54. The molecule has 1 saturated heterocycles. The third-order valence-electron chi connectivity index (χ3n) is 3.43. The predicted octanol–water partition coefficient (Wildman–Crippen LogP) is 3.86. The van der Waals surface area contributed by atoms with Crippen LogP contribution in [0.2, 0.25) is 0 Å². The molecule has 1 N–H and O–H groups in total. The van der Waals surface area contributed by atoms with Crippen LogP contribution in [0.15, 0.2) is 53.9 Å². The van der Waals surface area contributed by atoms with Crippen molar-refractivity contribution in [2.45, 2.75) is 0 Å². The summed E-state index contributed by atoms with van der Waals surface area (Å²) in [5, 5.41) is 5.37. The fraction of sp³-hybridized carbons (Fsp3) is 0.235. The molecule has 1 fully saturated rings. The SMILES string of the molecule is S=C(C=C(c1cccs1)N1CCOCC1)Nc1ccccc1. The molecule has 5 heteroatoms. The monoisotopic (exact) mass is 330 g/mol. The Hall–Kier alpha value is -1.69. The molecule has 0 unspecified atom stereocenters. The van der Waals surface area contributed by atoms with E-state index in [0.29, 0.717) is 0 Å². The molecule has 3 rings (SSSR count). The molecular formula is C17H18N2OS2. The van der Waals surface area contributed by atoms with Crippen molar-refractivity contribution < 1.29 is 4.74 Å². The second-order valence-corrected chi connectivity index (χ2v) is 6.35. The average Bonchev–Trinajstić information content (AvgIpc) is 3.08. The van der Waals surface area contributed by atoms with Crippen LogP contribution in [0.3, 0.4) is 0 Å². The molecule has 2 aromatic rings. The van der Waals surface area contributed by atoms with Gasteiger partial charge in [-0.05, 0) is 29.7 Å². The Balaban J connectivity index is 1.80. The number of para-hydroxylation sites is 1. The van der Waals surface area contributed by atoms with Gasteiger partial charge in [-0.1, -0.05) is 36.5 Å². The molecule has 0 amide bonds. The predicted molar refractivity (Wildman–Crippen MR) is 97.4 cm³/mol. The molecule has 1 aromatic carbocycles. The van der Waals surface area contributed by atoms with E-state index in [-0.39, 0.29) is 0 Å². The molecule has 0 aliphatic carbocycles. The molecule has 0 saturated carbocycles. The maximum Gasteiger partial charge on any atom is 0.105 e. The maximum absolute atomic E-state index is 5.51. The maximum atomic E-state index is 5.51. The standard InChI is InChI=1S/C17H18N2OS2/c21-17(18-14-5-2-1-3-6-14)13-15(16-7-4-12-22-16)19-8-10-20-11-9-19/h1-7,12-13H,8-11H2,(H,18,21). The highest BCUT2D eigenvalue weighted by molar-refractivity contribution is 7.81. The second-order valence-electron chi connectivity index (χ2n) is 4.96. The van der Waals surface area contributed by atoms with Crippen LogP contribution in [-0.2, 0) is 4.74 Å². The minimum atomic E-state index is 0.723. The summed E-state index contributed by atoms with van der Waals surface area (Å²) in [6.07, 6.45) is 2.06. The van der Waals surface area contributed by atoms with Gasteiger partial charge in [0.2, 0.25) is 0 Å². The van der Waals surface area contributed by atoms with Gasteiger partial charge in [-0.3, -0.25) is 0 Å². The molecule has 2 heterocycles. The number of ether oxygens (including phenoxy) is 1. The van der Waals surface area contributed by atoms with Crippen LogP contribution in [0, 0.1) is 0 Å². The van der Waals surface area contributed by atoms with Crippen molar-refractivity contribution in [1.29, 1.82) is 0 Å². The molecule has 0 atom stereocenters. The van der Waals surface area contributed by atoms with Gasteiger partial charge in [0.1, 0.15) is 4.99 Å². The minimum absolute atomic E-state index is 0.723. The van der Waals surface area contributed by atoms with Gasteiger partial charge >= 0.3 is 0 Å². The van der Waals surface area contributed by atoms with Gasteiger partial charge in [0.15, 0.2) is 0 Å². The molecule has 22 heavy (non-hydrogen) atoms. The molecule has 1 aliphatic rings. The minimum Gasteiger partial charge on any atom is -0.378 e. The van der Waals surface area contributed by atoms with Crippen molar-refractivity contribution in [3.8, 4) is 0 Å². The summed E-state index contributed by atoms with van der Waals surface area (Å²) in [7, 11) is 0. The van der Waals surface area contributed by atoms with E-state index in [9.17, 15) is 0 Å². The van der Waals surface area contributed by atoms with Gasteiger partial charge in [-0.2, -0.15) is 0 Å². The first-order valence-corrected chi connectivity index (χ1v) is 8.56. The quantitative estimate of drug-likeness (QED) is 0.679. The van der Waals surface area contributed by atoms with Gasteiger partial charge in [0.05, 0.1) is 23.8 Å². The lowest BCUT2D eigenvalue weighted by atomic mass is 10.2. The van der Waals surface area contributed by atoms with Gasteiger partial charge in [0, 0.05) is 18.8 Å². The van der Waals surface area contributed by atoms with E-state index >= 15 is 0 Å². The Morgan fingerprint density at radius 3 is 2.59 bits per heavy atom. The normalized spacial score (nSPS) is 15.6. The van der Waals surface area contributed by atoms with Crippen LogP contribution >= 0.6 is 23.6 Å². The van der Waals surface area contributed by atoms with Crippen LogP contribution in [-0.4, -0.2) is 36.2 Å². The van der Waals surface area contributed by atoms with Crippen molar-refractivity contribution in [3.63, 3.8) is 0 Å². The summed E-state index contributed by atoms with van der Waals surface area (Å²) in [4.78, 5) is 4.30. The summed E-state index contributed by atoms with van der Waals surface area (Å²) < 4.78 is 5.45. The fourth-order valence-corrected chi connectivity index (χ4v) is 3.37. The lowest BCUT2D eigenvalue weighted by Crippen LogP contribution is -2.35. The van der Waals surface area contributed by atoms with E-state index in [1.807, 2.05) is 30.3 Å². The molecule has 3 nitrogen and oxygen atoms in total. The first kappa shape index (κ1) is 15.2. The molecular weight excluding hydrogens is 312 g/mol. The van der Waals surface area contributed by atoms with Crippen molar-refractivity contribution in [2.24, 2.45) is 0 Å². The van der Waals surface area contributed by atoms with Gasteiger partial charge in [0.25, 0.3) is 0 Å². The summed E-state index contributed by atoms with van der Waals surface area (Å²) in [6, 6.07) is 14.2. The summed E-state index contributed by atoms with van der Waals surface area (Å²) in [5.74, 6) is 0. The van der Waals surface area contributed by atoms with Crippen LogP contribution in [0.4, 0.5) is 5.69 Å². The first-order chi connectivity index (χ1) is 10.8. The Kier molecular flexibility index (Phi) is 5.21. The van der Waals surface area contributed by atoms with Crippen molar-refractivity contribution in [1.82, 2.24) is 4.90 Å². The highest BCUT2D eigenvalue weighted by Crippen LogP contribution is 2.25. The Bertz CT molecular complexity index is 632. The van der Waals surface area contributed by atoms with Crippen molar-refractivity contribution >= 4 is 39.9 Å². The number of benzene rings is 1. The van der Waals surface area contributed by atoms with Crippen LogP contribution in [0.5, 0.6) is 0 Å². The fourth-order valence-electron chi connectivity index (χ4n) is 2.37. The highest BCUT2D eigenvalue weighted by atomic mass is 32.1. The number of nitrogens with zero attached hydrogens (tertiary/aromatic N) is 1. The van der Waals surface area contributed by atoms with E-state index in [1.54, 1.807) is 11.3 Å². The number of nitrogens with one attached hydrogen (secondary N) is 1. The third-order valence-corrected chi connectivity index (χ3v) is 4.55. The summed E-state index contributed by atoms with van der Waals surface area (Å²) in [5.41, 5.74) is 2.18. The number of thiophene rings is 1. The molecule has 0 spiro atoms. The van der Waals surface area contributed by atoms with E-state index in [1.165, 1.54) is 10.6 Å². The van der Waals surface area contributed by atoms with E-state index in [4.69, 9.17) is 17.0 Å². The van der Waals surface area contributed by atoms with Crippen molar-refractivity contribution in [2.75, 3.05) is 31.6 Å². The number of anilines is 1. The molecule has 1 aliphatic heterocycles. The largest absolute Gasteiger partial charge is 0.378 e. The Labute approximate surface area is 140 Å². The summed E-state index contributed by atoms with van der Waals surface area (Å²) >= 11 is 7.25. The molecule has 1 aromatic heterocycles. The zero-order valence-corrected chi connectivity index (χ0v) is 13.8. The van der Waals surface area contributed by atoms with E-state index in [0.717, 1.165) is 37.0 Å². The highest BCUT2D eigenvalue weighted by Gasteiger charge is 2.16. The van der Waals surface area contributed by atoms with Crippen molar-refractivity contribution in [3.05, 3.63) is 58.8 Å². The Morgan fingerprint density at radius 1 is 1.14 bits per heavy atom. The zero-order chi connectivity index (χ0) is 15.2. The summed E-state index contributed by atoms with van der Waals surface area (Å²) in [6.45, 7) is 3.33. The topological polar surface area (TPSA) is 24.5 Å². The van der Waals surface area contributed by atoms with Gasteiger partial charge in [-0.15, -0.1) is 11.3 Å². The van der Waals surface area contributed by atoms with Crippen LogP contribution in [0.25, 0.3) is 5.70 Å². The lowest BCUT2D eigenvalue weighted by Gasteiger charge is -2.30. The zero-order valence-electron chi connectivity index (χ0n) is 12.2. The number of thiocarbonyl (C=S) groups is 1. The van der Waals surface area contributed by atoms with Crippen LogP contribution < -0.4 is 5.32 Å². The van der Waals surface area contributed by atoms with E-state index in [2.05, 4.69) is 33.8 Å². The molecule has 114 valence electrons. The number of hydrogen-bond donors (Lipinski definition) is 1. The van der Waals surface area contributed by atoms with Crippen LogP contribution in [0.1, 0.15) is 4.88 Å². The van der Waals surface area contributed by atoms with Gasteiger partial charge in [-0.25, -0.2) is 0 Å². The molecule has 0 bridgehead atoms. The smallest absolute Gasteiger partial charge is 0.105 e. The van der Waals surface area contributed by atoms with Gasteiger partial charge < -0.3 is 15.0 Å². The number of hydrogen-bond acceptors (Lipinski definition) is 4. The average molecular weight is 330 g/mol. The Morgan fingerprint density at radius 2 is 1.91 bits per heavy atom. The third kappa shape index (κ3) is 3.94.